The van der Waals surface area contributed by atoms with Gasteiger partial charge in [0.15, 0.2) is 0 Å². The van der Waals surface area contributed by atoms with E-state index in [0.717, 1.165) is 56.5 Å². The summed E-state index contributed by atoms with van der Waals surface area (Å²) < 4.78 is 4.35. The topological polar surface area (TPSA) is 58.3 Å². The second-order valence-corrected chi connectivity index (χ2v) is 5.40. The Labute approximate surface area is 113 Å². The Hall–Kier alpha value is -0.720. The van der Waals surface area contributed by atoms with Crippen LogP contribution in [0, 0.1) is 0 Å². The van der Waals surface area contributed by atoms with Gasteiger partial charge in [-0.3, -0.25) is 4.90 Å². The lowest BCUT2D eigenvalue weighted by Gasteiger charge is -2.38. The molecule has 1 aliphatic rings. The predicted molar refractivity (Wildman–Crippen MR) is 76.2 cm³/mol. The molecule has 102 valence electrons. The van der Waals surface area contributed by atoms with Crippen molar-refractivity contribution in [2.24, 2.45) is 5.73 Å². The third-order valence-corrected chi connectivity index (χ3v) is 4.43. The van der Waals surface area contributed by atoms with Crippen LogP contribution in [0.3, 0.4) is 0 Å². The minimum Gasteiger partial charge on any atom is -0.344 e. The lowest BCUT2D eigenvalue weighted by molar-refractivity contribution is 0.184. The van der Waals surface area contributed by atoms with E-state index in [1.54, 1.807) is 0 Å². The van der Waals surface area contributed by atoms with E-state index in [-0.39, 0.29) is 0 Å². The quantitative estimate of drug-likeness (QED) is 0.863. The molecule has 1 unspecified atom stereocenters. The molecular formula is C12H23N5S. The molecule has 0 spiro atoms. The van der Waals surface area contributed by atoms with E-state index in [1.807, 2.05) is 0 Å². The van der Waals surface area contributed by atoms with E-state index >= 15 is 0 Å². The largest absolute Gasteiger partial charge is 0.344 e. The van der Waals surface area contributed by atoms with Crippen LogP contribution in [0.1, 0.15) is 26.1 Å². The summed E-state index contributed by atoms with van der Waals surface area (Å²) in [7, 11) is 0. The number of anilines is 1. The van der Waals surface area contributed by atoms with Crippen LogP contribution in [-0.2, 0) is 6.42 Å². The Morgan fingerprint density at radius 2 is 2.00 bits per heavy atom. The van der Waals surface area contributed by atoms with Crippen molar-refractivity contribution in [3.63, 3.8) is 0 Å². The second-order valence-electron chi connectivity index (χ2n) is 4.67. The van der Waals surface area contributed by atoms with Crippen LogP contribution < -0.4 is 10.6 Å². The summed E-state index contributed by atoms with van der Waals surface area (Å²) in [6, 6.07) is 0.535. The van der Waals surface area contributed by atoms with Gasteiger partial charge < -0.3 is 10.6 Å². The van der Waals surface area contributed by atoms with Gasteiger partial charge in [0.1, 0.15) is 5.82 Å². The summed E-state index contributed by atoms with van der Waals surface area (Å²) >= 11 is 1.52. The minimum atomic E-state index is 0.535. The molecule has 0 saturated carbocycles. The van der Waals surface area contributed by atoms with Crippen molar-refractivity contribution < 1.29 is 0 Å². The maximum Gasteiger partial charge on any atom is 0.205 e. The van der Waals surface area contributed by atoms with Crippen molar-refractivity contribution in [2.45, 2.75) is 32.7 Å². The van der Waals surface area contributed by atoms with E-state index in [4.69, 9.17) is 5.73 Å². The molecule has 5 nitrogen and oxygen atoms in total. The number of nitrogens with zero attached hydrogens (tertiary/aromatic N) is 4. The lowest BCUT2D eigenvalue weighted by atomic mass is 10.1. The van der Waals surface area contributed by atoms with Crippen molar-refractivity contribution in [1.82, 2.24) is 14.3 Å². The molecule has 0 aromatic carbocycles. The highest BCUT2D eigenvalue weighted by Crippen LogP contribution is 2.20. The molecule has 1 aliphatic heterocycles. The molecule has 0 bridgehead atoms. The first-order chi connectivity index (χ1) is 8.78. The van der Waals surface area contributed by atoms with Crippen molar-refractivity contribution in [3.05, 3.63) is 5.82 Å². The molecule has 0 aliphatic carbocycles. The fourth-order valence-electron chi connectivity index (χ4n) is 2.37. The fourth-order valence-corrected chi connectivity index (χ4v) is 3.17. The maximum atomic E-state index is 5.81. The number of hydrogen-bond donors (Lipinski definition) is 1. The molecule has 1 saturated heterocycles. The minimum absolute atomic E-state index is 0.535. The van der Waals surface area contributed by atoms with Crippen molar-refractivity contribution in [3.8, 4) is 0 Å². The molecule has 1 aromatic rings. The summed E-state index contributed by atoms with van der Waals surface area (Å²) in [6.45, 7) is 9.30. The summed E-state index contributed by atoms with van der Waals surface area (Å²) in [6.07, 6.45) is 2.05. The molecule has 2 N–H and O–H groups in total. The van der Waals surface area contributed by atoms with Gasteiger partial charge >= 0.3 is 0 Å². The molecule has 1 fully saturated rings. The molecule has 1 aromatic heterocycles. The average Bonchev–Trinajstić information content (AvgIpc) is 2.90. The van der Waals surface area contributed by atoms with Crippen LogP contribution in [-0.4, -0.2) is 53.0 Å². The highest BCUT2D eigenvalue weighted by Gasteiger charge is 2.23. The zero-order chi connectivity index (χ0) is 13.0. The number of aryl methyl sites for hydroxylation is 1. The van der Waals surface area contributed by atoms with E-state index < -0.39 is 0 Å². The molecular weight excluding hydrogens is 246 g/mol. The zero-order valence-electron chi connectivity index (χ0n) is 11.3. The van der Waals surface area contributed by atoms with Crippen LogP contribution in [0.2, 0.25) is 0 Å². The van der Waals surface area contributed by atoms with Gasteiger partial charge in [-0.05, 0) is 6.42 Å². The van der Waals surface area contributed by atoms with E-state index in [9.17, 15) is 0 Å². The molecule has 0 radical (unpaired) electrons. The Morgan fingerprint density at radius 3 is 2.50 bits per heavy atom. The van der Waals surface area contributed by atoms with Gasteiger partial charge in [0.25, 0.3) is 0 Å². The molecule has 18 heavy (non-hydrogen) atoms. The van der Waals surface area contributed by atoms with E-state index in [2.05, 4.69) is 33.0 Å². The Kier molecular flexibility index (Phi) is 4.91. The Morgan fingerprint density at radius 1 is 1.28 bits per heavy atom. The van der Waals surface area contributed by atoms with Gasteiger partial charge in [0.05, 0.1) is 0 Å². The van der Waals surface area contributed by atoms with Crippen LogP contribution in [0.4, 0.5) is 5.13 Å². The molecule has 1 atom stereocenters. The smallest absolute Gasteiger partial charge is 0.205 e. The van der Waals surface area contributed by atoms with Crippen LogP contribution in [0.15, 0.2) is 0 Å². The summed E-state index contributed by atoms with van der Waals surface area (Å²) in [5, 5.41) is 1.08. The number of aromatic nitrogens is 2. The number of nitrogens with two attached hydrogens (primary N) is 1. The predicted octanol–water partition coefficient (Wildman–Crippen LogP) is 0.960. The Bertz CT molecular complexity index is 355. The normalized spacial score (nSPS) is 19.2. The highest BCUT2D eigenvalue weighted by molar-refractivity contribution is 7.09. The van der Waals surface area contributed by atoms with Gasteiger partial charge in [-0.15, -0.1) is 0 Å². The molecule has 0 amide bonds. The van der Waals surface area contributed by atoms with Crippen LogP contribution in [0.5, 0.6) is 0 Å². The summed E-state index contributed by atoms with van der Waals surface area (Å²) in [5.41, 5.74) is 5.81. The van der Waals surface area contributed by atoms with Crippen LogP contribution in [0.25, 0.3) is 0 Å². The fraction of sp³-hybridized carbons (Fsp3) is 0.833. The van der Waals surface area contributed by atoms with E-state index in [1.165, 1.54) is 11.5 Å². The lowest BCUT2D eigenvalue weighted by Crippen LogP contribution is -2.52. The first kappa shape index (κ1) is 13.7. The molecule has 2 rings (SSSR count). The number of rotatable bonds is 5. The molecule has 2 heterocycles. The standard InChI is InChI=1S/C12H23N5S/c1-3-10(9-13)16-5-7-17(8-6-16)12-14-11(4-2)15-18-12/h10H,3-9,13H2,1-2H3. The maximum absolute atomic E-state index is 5.81. The van der Waals surface area contributed by atoms with Gasteiger partial charge in [0, 0.05) is 56.7 Å². The van der Waals surface area contributed by atoms with Gasteiger partial charge in [-0.1, -0.05) is 13.8 Å². The first-order valence-electron chi connectivity index (χ1n) is 6.80. The summed E-state index contributed by atoms with van der Waals surface area (Å²) in [4.78, 5) is 9.39. The third kappa shape index (κ3) is 2.99. The van der Waals surface area contributed by atoms with Crippen molar-refractivity contribution >= 4 is 16.7 Å². The van der Waals surface area contributed by atoms with Gasteiger partial charge in [0.2, 0.25) is 5.13 Å². The number of piperazine rings is 1. The highest BCUT2D eigenvalue weighted by atomic mass is 32.1. The zero-order valence-corrected chi connectivity index (χ0v) is 12.1. The SMILES string of the molecule is CCc1nsc(N2CCN(C(CC)CN)CC2)n1. The van der Waals surface area contributed by atoms with Crippen LogP contribution >= 0.6 is 11.5 Å². The number of hydrogen-bond acceptors (Lipinski definition) is 6. The van der Waals surface area contributed by atoms with Gasteiger partial charge in [-0.25, -0.2) is 4.98 Å². The van der Waals surface area contributed by atoms with Crippen molar-refractivity contribution in [1.29, 1.82) is 0 Å². The first-order valence-corrected chi connectivity index (χ1v) is 7.57. The van der Waals surface area contributed by atoms with Crippen molar-refractivity contribution in [2.75, 3.05) is 37.6 Å². The van der Waals surface area contributed by atoms with E-state index in [0.29, 0.717) is 6.04 Å². The third-order valence-electron chi connectivity index (χ3n) is 3.62. The monoisotopic (exact) mass is 269 g/mol. The summed E-state index contributed by atoms with van der Waals surface area (Å²) in [5.74, 6) is 0.964. The molecule has 6 heteroatoms. The Balaban J connectivity index is 1.90. The second kappa shape index (κ2) is 6.45. The average molecular weight is 269 g/mol. The van der Waals surface area contributed by atoms with Gasteiger partial charge in [-0.2, -0.15) is 4.37 Å².